The SMILES string of the molecule is CCOc1ccc(OCC2CCC(C=COC)CC2)c(F)c1F. The molecule has 2 rings (SSSR count). The van der Waals surface area contributed by atoms with Gasteiger partial charge in [-0.05, 0) is 62.7 Å². The van der Waals surface area contributed by atoms with Crippen LogP contribution in [0.15, 0.2) is 24.5 Å². The highest BCUT2D eigenvalue weighted by atomic mass is 19.2. The van der Waals surface area contributed by atoms with Crippen molar-refractivity contribution >= 4 is 0 Å². The molecule has 1 aliphatic carbocycles. The minimum atomic E-state index is -0.988. The van der Waals surface area contributed by atoms with Gasteiger partial charge in [0, 0.05) is 0 Å². The third-order valence-electron chi connectivity index (χ3n) is 4.16. The molecule has 5 heteroatoms. The normalized spacial score (nSPS) is 21.4. The van der Waals surface area contributed by atoms with Crippen LogP contribution in [0.2, 0.25) is 0 Å². The third-order valence-corrected chi connectivity index (χ3v) is 4.16. The Balaban J connectivity index is 1.85. The van der Waals surface area contributed by atoms with Crippen molar-refractivity contribution in [2.75, 3.05) is 20.3 Å². The van der Waals surface area contributed by atoms with E-state index in [0.717, 1.165) is 25.7 Å². The first-order chi connectivity index (χ1) is 11.2. The lowest BCUT2D eigenvalue weighted by Crippen LogP contribution is -2.19. The summed E-state index contributed by atoms with van der Waals surface area (Å²) in [5.74, 6) is -1.19. The minimum absolute atomic E-state index is 0.0487. The maximum absolute atomic E-state index is 13.9. The zero-order valence-electron chi connectivity index (χ0n) is 13.7. The van der Waals surface area contributed by atoms with Crippen LogP contribution in [0.4, 0.5) is 8.78 Å². The number of methoxy groups -OCH3 is 1. The summed E-state index contributed by atoms with van der Waals surface area (Å²) < 4.78 is 43.2. The molecular formula is C18H24F2O3. The van der Waals surface area contributed by atoms with E-state index >= 15 is 0 Å². The smallest absolute Gasteiger partial charge is 0.204 e. The van der Waals surface area contributed by atoms with E-state index in [1.807, 2.05) is 0 Å². The van der Waals surface area contributed by atoms with E-state index in [2.05, 4.69) is 6.08 Å². The average Bonchev–Trinajstić information content (AvgIpc) is 2.57. The Labute approximate surface area is 136 Å². The van der Waals surface area contributed by atoms with E-state index in [4.69, 9.17) is 14.2 Å². The minimum Gasteiger partial charge on any atom is -0.505 e. The Bertz CT molecular complexity index is 523. The molecule has 1 aromatic carbocycles. The highest BCUT2D eigenvalue weighted by Gasteiger charge is 2.21. The molecule has 0 spiro atoms. The standard InChI is InChI=1S/C18H24F2O3/c1-3-22-15-8-9-16(18(20)17(15)19)23-12-14-6-4-13(5-7-14)10-11-21-2/h8-11,13-14H,3-7,12H2,1-2H3. The molecule has 1 aromatic rings. The zero-order valence-corrected chi connectivity index (χ0v) is 13.7. The van der Waals surface area contributed by atoms with E-state index in [1.165, 1.54) is 12.1 Å². The maximum atomic E-state index is 13.9. The predicted molar refractivity (Wildman–Crippen MR) is 84.6 cm³/mol. The molecule has 0 aromatic heterocycles. The lowest BCUT2D eigenvalue weighted by molar-refractivity contribution is 0.186. The monoisotopic (exact) mass is 326 g/mol. The first-order valence-electron chi connectivity index (χ1n) is 8.08. The molecule has 0 amide bonds. The van der Waals surface area contributed by atoms with Crippen LogP contribution in [0.3, 0.4) is 0 Å². The van der Waals surface area contributed by atoms with Crippen LogP contribution in [-0.4, -0.2) is 20.3 Å². The first kappa shape index (κ1) is 17.6. The molecule has 0 aliphatic heterocycles. The van der Waals surface area contributed by atoms with Crippen molar-refractivity contribution in [3.8, 4) is 11.5 Å². The Morgan fingerprint density at radius 1 is 1.04 bits per heavy atom. The molecule has 0 unspecified atom stereocenters. The highest BCUT2D eigenvalue weighted by Crippen LogP contribution is 2.32. The van der Waals surface area contributed by atoms with Gasteiger partial charge in [-0.2, -0.15) is 8.78 Å². The van der Waals surface area contributed by atoms with Crippen LogP contribution in [0.1, 0.15) is 32.6 Å². The van der Waals surface area contributed by atoms with Gasteiger partial charge in [0.15, 0.2) is 11.5 Å². The van der Waals surface area contributed by atoms with Gasteiger partial charge >= 0.3 is 0 Å². The zero-order chi connectivity index (χ0) is 16.7. The van der Waals surface area contributed by atoms with Gasteiger partial charge < -0.3 is 14.2 Å². The molecule has 23 heavy (non-hydrogen) atoms. The lowest BCUT2D eigenvalue weighted by atomic mass is 9.82. The Kier molecular flexibility index (Phi) is 6.68. The van der Waals surface area contributed by atoms with E-state index in [1.54, 1.807) is 20.3 Å². The fourth-order valence-electron chi connectivity index (χ4n) is 2.84. The fraction of sp³-hybridized carbons (Fsp3) is 0.556. The van der Waals surface area contributed by atoms with Crippen molar-refractivity contribution in [1.29, 1.82) is 0 Å². The van der Waals surface area contributed by atoms with Gasteiger partial charge in [-0.15, -0.1) is 0 Å². The molecule has 0 bridgehead atoms. The Hall–Kier alpha value is -1.78. The van der Waals surface area contributed by atoms with Crippen LogP contribution < -0.4 is 9.47 Å². The number of hydrogen-bond donors (Lipinski definition) is 0. The number of rotatable bonds is 7. The van der Waals surface area contributed by atoms with Gasteiger partial charge in [-0.3, -0.25) is 0 Å². The summed E-state index contributed by atoms with van der Waals surface area (Å²) in [7, 11) is 1.64. The number of halogens is 2. The summed E-state index contributed by atoms with van der Waals surface area (Å²) in [5.41, 5.74) is 0. The molecule has 0 N–H and O–H groups in total. The number of hydrogen-bond acceptors (Lipinski definition) is 3. The van der Waals surface area contributed by atoms with Crippen LogP contribution in [0.25, 0.3) is 0 Å². The number of allylic oxidation sites excluding steroid dienone is 1. The molecule has 0 heterocycles. The topological polar surface area (TPSA) is 27.7 Å². The molecule has 1 aliphatic rings. The van der Waals surface area contributed by atoms with E-state index in [0.29, 0.717) is 18.4 Å². The summed E-state index contributed by atoms with van der Waals surface area (Å²) in [5, 5.41) is 0. The second-order valence-electron chi connectivity index (χ2n) is 5.78. The predicted octanol–water partition coefficient (Wildman–Crippen LogP) is 4.71. The van der Waals surface area contributed by atoms with Crippen LogP contribution in [-0.2, 0) is 4.74 Å². The summed E-state index contributed by atoms with van der Waals surface area (Å²) in [6.45, 7) is 2.42. The Morgan fingerprint density at radius 2 is 1.65 bits per heavy atom. The van der Waals surface area contributed by atoms with Crippen LogP contribution in [0.5, 0.6) is 11.5 Å². The van der Waals surface area contributed by atoms with Crippen molar-refractivity contribution in [1.82, 2.24) is 0 Å². The fourth-order valence-corrected chi connectivity index (χ4v) is 2.84. The van der Waals surface area contributed by atoms with Crippen molar-refractivity contribution in [3.63, 3.8) is 0 Å². The average molecular weight is 326 g/mol. The van der Waals surface area contributed by atoms with E-state index < -0.39 is 11.6 Å². The number of ether oxygens (including phenoxy) is 3. The van der Waals surface area contributed by atoms with Gasteiger partial charge in [-0.1, -0.05) is 0 Å². The molecule has 1 saturated carbocycles. The van der Waals surface area contributed by atoms with Gasteiger partial charge in [0.25, 0.3) is 0 Å². The van der Waals surface area contributed by atoms with Gasteiger partial charge in [0.2, 0.25) is 11.6 Å². The first-order valence-corrected chi connectivity index (χ1v) is 8.08. The van der Waals surface area contributed by atoms with E-state index in [-0.39, 0.29) is 18.1 Å². The van der Waals surface area contributed by atoms with Crippen LogP contribution in [0, 0.1) is 23.5 Å². The summed E-state index contributed by atoms with van der Waals surface area (Å²) in [6, 6.07) is 2.83. The van der Waals surface area contributed by atoms with E-state index in [9.17, 15) is 8.78 Å². The Morgan fingerprint density at radius 3 is 2.22 bits per heavy atom. The molecule has 0 atom stereocenters. The van der Waals surface area contributed by atoms with Crippen molar-refractivity contribution < 1.29 is 23.0 Å². The summed E-state index contributed by atoms with van der Waals surface area (Å²) >= 11 is 0. The quantitative estimate of drug-likeness (QED) is 0.679. The third kappa shape index (κ3) is 4.85. The van der Waals surface area contributed by atoms with Crippen molar-refractivity contribution in [2.45, 2.75) is 32.6 Å². The molecule has 1 fully saturated rings. The van der Waals surface area contributed by atoms with Gasteiger partial charge in [-0.25, -0.2) is 0 Å². The molecule has 128 valence electrons. The largest absolute Gasteiger partial charge is 0.505 e. The highest BCUT2D eigenvalue weighted by molar-refractivity contribution is 5.35. The van der Waals surface area contributed by atoms with Gasteiger partial charge in [0.1, 0.15) is 0 Å². The number of benzene rings is 1. The van der Waals surface area contributed by atoms with Crippen LogP contribution >= 0.6 is 0 Å². The van der Waals surface area contributed by atoms with Crippen molar-refractivity contribution in [3.05, 3.63) is 36.1 Å². The molecular weight excluding hydrogens is 302 g/mol. The maximum Gasteiger partial charge on any atom is 0.204 e. The molecule has 0 saturated heterocycles. The lowest BCUT2D eigenvalue weighted by Gasteiger charge is -2.26. The van der Waals surface area contributed by atoms with Gasteiger partial charge in [0.05, 0.1) is 26.6 Å². The second-order valence-corrected chi connectivity index (χ2v) is 5.78. The summed E-state index contributed by atoms with van der Waals surface area (Å²) in [6.07, 6.45) is 7.96. The second kappa shape index (κ2) is 8.75. The molecule has 3 nitrogen and oxygen atoms in total. The summed E-state index contributed by atoms with van der Waals surface area (Å²) in [4.78, 5) is 0. The van der Waals surface area contributed by atoms with Crippen molar-refractivity contribution in [2.24, 2.45) is 11.8 Å². The molecule has 0 radical (unpaired) electrons.